The zero-order chi connectivity index (χ0) is 25.8. The first-order valence-corrected chi connectivity index (χ1v) is 14.9. The topological polar surface area (TPSA) is 80.3 Å². The zero-order valence-electron chi connectivity index (χ0n) is 21.9. The van der Waals surface area contributed by atoms with E-state index in [4.69, 9.17) is 14.2 Å². The average Bonchev–Trinajstić information content (AvgIpc) is 3.77. The summed E-state index contributed by atoms with van der Waals surface area (Å²) in [4.78, 5) is 5.23. The monoisotopic (exact) mass is 529 g/mol. The quantitative estimate of drug-likeness (QED) is 0.500. The van der Waals surface area contributed by atoms with Crippen molar-refractivity contribution in [2.75, 3.05) is 51.9 Å². The van der Waals surface area contributed by atoms with Gasteiger partial charge in [0.25, 0.3) is 0 Å². The first-order chi connectivity index (χ1) is 18.0. The molecule has 3 fully saturated rings. The van der Waals surface area contributed by atoms with E-state index in [1.54, 1.807) is 12.1 Å². The second-order valence-corrected chi connectivity index (χ2v) is 12.1. The summed E-state index contributed by atoms with van der Waals surface area (Å²) in [5.74, 6) is 2.66. The number of hydrogen-bond acceptors (Lipinski definition) is 7. The van der Waals surface area contributed by atoms with Crippen LogP contribution in [0.15, 0.2) is 47.4 Å². The Balaban J connectivity index is 1.11. The lowest BCUT2D eigenvalue weighted by molar-refractivity contribution is 0.139. The molecule has 9 heteroatoms. The molecule has 0 atom stereocenters. The van der Waals surface area contributed by atoms with E-state index in [9.17, 15) is 8.42 Å². The standard InChI is InChI=1S/C28H39N3O5S/c1-34-27-14-13-24(19-28(27)35-2)37(32,33)29-22-9-11-23(12-10-22)30-15-17-31(18-16-30)25-5-3-4-6-26(25)36-20-21-7-8-21/h3-6,13-14,19,21-23,29H,7-12,15-18,20H2,1-2H3. The molecular weight excluding hydrogens is 490 g/mol. The van der Waals surface area contributed by atoms with E-state index in [1.807, 2.05) is 0 Å². The van der Waals surface area contributed by atoms with E-state index >= 15 is 0 Å². The van der Waals surface area contributed by atoms with Crippen LogP contribution >= 0.6 is 0 Å². The van der Waals surface area contributed by atoms with Gasteiger partial charge in [-0.25, -0.2) is 13.1 Å². The number of anilines is 1. The molecule has 0 radical (unpaired) electrons. The van der Waals surface area contributed by atoms with E-state index in [2.05, 4.69) is 38.8 Å². The van der Waals surface area contributed by atoms with Crippen molar-refractivity contribution < 1.29 is 22.6 Å². The Hall–Kier alpha value is -2.49. The maximum atomic E-state index is 13.0. The normalized spacial score (nSPS) is 23.0. The predicted molar refractivity (Wildman–Crippen MR) is 144 cm³/mol. The molecule has 1 saturated heterocycles. The molecule has 2 aliphatic carbocycles. The number of rotatable bonds is 10. The van der Waals surface area contributed by atoms with Gasteiger partial charge in [0.05, 0.1) is 31.4 Å². The number of nitrogens with one attached hydrogen (secondary N) is 1. The maximum Gasteiger partial charge on any atom is 0.240 e. The molecule has 1 aliphatic heterocycles. The molecule has 3 aliphatic rings. The van der Waals surface area contributed by atoms with Gasteiger partial charge in [-0.2, -0.15) is 0 Å². The van der Waals surface area contributed by atoms with Crippen molar-refractivity contribution in [3.8, 4) is 17.2 Å². The summed E-state index contributed by atoms with van der Waals surface area (Å²) >= 11 is 0. The summed E-state index contributed by atoms with van der Waals surface area (Å²) in [5, 5.41) is 0. The largest absolute Gasteiger partial charge is 0.493 e. The fraction of sp³-hybridized carbons (Fsp3) is 0.571. The minimum absolute atomic E-state index is 0.0499. The molecule has 2 saturated carbocycles. The molecule has 0 unspecified atom stereocenters. The summed E-state index contributed by atoms with van der Waals surface area (Å²) < 4.78 is 45.6. The van der Waals surface area contributed by atoms with Crippen molar-refractivity contribution in [2.45, 2.75) is 55.5 Å². The lowest BCUT2D eigenvalue weighted by Crippen LogP contribution is -2.52. The molecule has 8 nitrogen and oxygen atoms in total. The summed E-state index contributed by atoms with van der Waals surface area (Å²) in [6.45, 7) is 4.83. The Labute approximate surface area is 220 Å². The molecule has 202 valence electrons. The van der Waals surface area contributed by atoms with Gasteiger partial charge in [0.1, 0.15) is 5.75 Å². The van der Waals surface area contributed by atoms with Gasteiger partial charge in [0.2, 0.25) is 10.0 Å². The van der Waals surface area contributed by atoms with Crippen molar-refractivity contribution in [3.05, 3.63) is 42.5 Å². The van der Waals surface area contributed by atoms with E-state index in [0.717, 1.165) is 70.1 Å². The first-order valence-electron chi connectivity index (χ1n) is 13.4. The molecule has 0 amide bonds. The van der Waals surface area contributed by atoms with Gasteiger partial charge in [-0.05, 0) is 68.7 Å². The van der Waals surface area contributed by atoms with Crippen LogP contribution in [-0.2, 0) is 10.0 Å². The van der Waals surface area contributed by atoms with Crippen molar-refractivity contribution in [2.24, 2.45) is 5.92 Å². The Morgan fingerprint density at radius 3 is 2.22 bits per heavy atom. The number of sulfonamides is 1. The van der Waals surface area contributed by atoms with Crippen molar-refractivity contribution in [1.82, 2.24) is 9.62 Å². The molecule has 2 aromatic carbocycles. The van der Waals surface area contributed by atoms with Crippen LogP contribution < -0.4 is 23.8 Å². The number of hydrogen-bond donors (Lipinski definition) is 1. The van der Waals surface area contributed by atoms with E-state index in [0.29, 0.717) is 17.5 Å². The Kier molecular flexibility index (Phi) is 8.12. The van der Waals surface area contributed by atoms with Gasteiger partial charge < -0.3 is 19.1 Å². The molecule has 1 N–H and O–H groups in total. The van der Waals surface area contributed by atoms with Crippen LogP contribution in [0, 0.1) is 5.92 Å². The third-order valence-electron chi connectivity index (χ3n) is 7.89. The summed E-state index contributed by atoms with van der Waals surface area (Å²) in [7, 11) is -0.588. The van der Waals surface area contributed by atoms with E-state index < -0.39 is 10.0 Å². The lowest BCUT2D eigenvalue weighted by Gasteiger charge is -2.43. The fourth-order valence-electron chi connectivity index (χ4n) is 5.49. The molecule has 5 rings (SSSR count). The molecule has 2 aromatic rings. The van der Waals surface area contributed by atoms with Gasteiger partial charge in [-0.3, -0.25) is 4.90 Å². The van der Waals surface area contributed by atoms with Crippen LogP contribution in [0.25, 0.3) is 0 Å². The second-order valence-electron chi connectivity index (χ2n) is 10.4. The molecule has 0 bridgehead atoms. The Morgan fingerprint density at radius 2 is 1.54 bits per heavy atom. The van der Waals surface area contributed by atoms with Crippen molar-refractivity contribution in [1.29, 1.82) is 0 Å². The maximum absolute atomic E-state index is 13.0. The number of piperazine rings is 1. The highest BCUT2D eigenvalue weighted by atomic mass is 32.2. The number of benzene rings is 2. The first kappa shape index (κ1) is 26.1. The molecule has 0 spiro atoms. The molecule has 37 heavy (non-hydrogen) atoms. The van der Waals surface area contributed by atoms with Crippen LogP contribution in [0.5, 0.6) is 17.2 Å². The smallest absolute Gasteiger partial charge is 0.240 e. The van der Waals surface area contributed by atoms with Crippen LogP contribution in [0.3, 0.4) is 0 Å². The number of methoxy groups -OCH3 is 2. The highest BCUT2D eigenvalue weighted by Gasteiger charge is 2.31. The lowest BCUT2D eigenvalue weighted by atomic mass is 9.90. The number of para-hydroxylation sites is 2. The van der Waals surface area contributed by atoms with Crippen LogP contribution in [-0.4, -0.2) is 72.4 Å². The van der Waals surface area contributed by atoms with Gasteiger partial charge >= 0.3 is 0 Å². The minimum Gasteiger partial charge on any atom is -0.493 e. The van der Waals surface area contributed by atoms with E-state index in [1.165, 1.54) is 38.8 Å². The molecule has 1 heterocycles. The summed E-state index contributed by atoms with van der Waals surface area (Å²) in [5.41, 5.74) is 1.20. The fourth-order valence-corrected chi connectivity index (χ4v) is 6.81. The second kappa shape index (κ2) is 11.5. The van der Waals surface area contributed by atoms with Crippen molar-refractivity contribution >= 4 is 15.7 Å². The Bertz CT molecular complexity index is 1150. The Morgan fingerprint density at radius 1 is 0.838 bits per heavy atom. The van der Waals surface area contributed by atoms with Gasteiger partial charge in [-0.1, -0.05) is 12.1 Å². The molecular formula is C28H39N3O5S. The third kappa shape index (κ3) is 6.33. The van der Waals surface area contributed by atoms with Gasteiger partial charge in [0.15, 0.2) is 11.5 Å². The average molecular weight is 530 g/mol. The molecule has 0 aromatic heterocycles. The summed E-state index contributed by atoms with van der Waals surface area (Å²) in [6.07, 6.45) is 6.27. The van der Waals surface area contributed by atoms with Crippen LogP contribution in [0.1, 0.15) is 38.5 Å². The minimum atomic E-state index is -3.63. The zero-order valence-corrected chi connectivity index (χ0v) is 22.7. The highest BCUT2D eigenvalue weighted by molar-refractivity contribution is 7.89. The SMILES string of the molecule is COc1ccc(S(=O)(=O)NC2CCC(N3CCN(c4ccccc4OCC4CC4)CC3)CC2)cc1OC. The van der Waals surface area contributed by atoms with Gasteiger partial charge in [-0.15, -0.1) is 0 Å². The predicted octanol–water partition coefficient (Wildman–Crippen LogP) is 3.90. The summed E-state index contributed by atoms with van der Waals surface area (Å²) in [6, 6.07) is 13.6. The van der Waals surface area contributed by atoms with Crippen LogP contribution in [0.2, 0.25) is 0 Å². The van der Waals surface area contributed by atoms with Crippen molar-refractivity contribution in [3.63, 3.8) is 0 Å². The van der Waals surface area contributed by atoms with E-state index in [-0.39, 0.29) is 10.9 Å². The van der Waals surface area contributed by atoms with Crippen LogP contribution in [0.4, 0.5) is 5.69 Å². The highest BCUT2D eigenvalue weighted by Crippen LogP contribution is 2.34. The number of ether oxygens (including phenoxy) is 3. The number of nitrogens with zero attached hydrogens (tertiary/aromatic N) is 2. The third-order valence-corrected chi connectivity index (χ3v) is 9.41. The van der Waals surface area contributed by atoms with Gasteiger partial charge in [0, 0.05) is 44.3 Å².